The van der Waals surface area contributed by atoms with Crippen LogP contribution >= 0.6 is 0 Å². The van der Waals surface area contributed by atoms with Gasteiger partial charge in [-0.15, -0.1) is 0 Å². The Morgan fingerprint density at radius 1 is 0.288 bits per heavy atom. The second-order valence-electron chi connectivity index (χ2n) is 30.6. The van der Waals surface area contributed by atoms with Crippen LogP contribution in [0.1, 0.15) is 118 Å². The van der Waals surface area contributed by atoms with Gasteiger partial charge in [-0.05, 0) is 294 Å². The van der Waals surface area contributed by atoms with Crippen molar-refractivity contribution in [1.82, 2.24) is 0 Å². The van der Waals surface area contributed by atoms with Crippen LogP contribution in [0.25, 0.3) is 34.4 Å². The van der Waals surface area contributed by atoms with Gasteiger partial charge >= 0.3 is 0 Å². The first kappa shape index (κ1) is 69.9. The van der Waals surface area contributed by atoms with Crippen molar-refractivity contribution in [3.05, 3.63) is 429 Å². The molecule has 14 aromatic carbocycles. The average Bonchev–Trinajstić information content (AvgIpc) is 1.53. The summed E-state index contributed by atoms with van der Waals surface area (Å²) < 4.78 is 139. The Hall–Kier alpha value is -12.8. The summed E-state index contributed by atoms with van der Waals surface area (Å²) in [5, 5.41) is 0. The molecule has 0 saturated heterocycles. The molecular weight excluding hydrogens is 1400 g/mol. The summed E-state index contributed by atoms with van der Waals surface area (Å²) in [5.41, 5.74) is 13.2. The molecule has 12 heteroatoms. The lowest BCUT2D eigenvalue weighted by molar-refractivity contribution is 0.349. The molecule has 2 atom stereocenters. The van der Waals surface area contributed by atoms with Crippen LogP contribution < -0.4 is 19.3 Å². The standard InChI is InChI=1S/C99H70F8N2O2/c1-7-59-17-37-73(38-18-59)110-75-41-21-61(22-42-75)98(63-49-89(102)93(106)90(103)50-63)81-15-11-9-13-77(81)79-45-33-69(53-85(79)98)108(67-29-25-65(100)26-30-67)71-35-47-83-87(55-71)97(57-95(83,3)4)58-96(5,6)84-48-36-72(56-88(84)97)109(68-31-27-66(101)28-32-68)70-34-46-80-78-14-10-12-16-82(78)99(86(80)54-70,64-51-91(104)94(107)92(105)52-64)62-23-43-76(44-24-62)111-74-39-19-60(8-2)20-40-74/h7-56H,1-2,57-58H2,3-6H3. The quantitative estimate of drug-likeness (QED) is 0.0711. The molecule has 1 spiro atoms. The number of hydrogen-bond acceptors (Lipinski definition) is 4. The lowest BCUT2D eigenvalue weighted by Gasteiger charge is -2.35. The summed E-state index contributed by atoms with van der Waals surface area (Å²) in [4.78, 5) is 4.15. The van der Waals surface area contributed by atoms with Crippen molar-refractivity contribution in [3.63, 3.8) is 0 Å². The van der Waals surface area contributed by atoms with Gasteiger partial charge in [0.25, 0.3) is 0 Å². The number of halogens is 8. The number of ether oxygens (including phenoxy) is 2. The topological polar surface area (TPSA) is 24.9 Å². The molecule has 111 heavy (non-hydrogen) atoms. The molecule has 0 fully saturated rings. The second kappa shape index (κ2) is 26.2. The van der Waals surface area contributed by atoms with E-state index in [1.165, 1.54) is 24.3 Å². The van der Waals surface area contributed by atoms with Crippen LogP contribution in [0.3, 0.4) is 0 Å². The van der Waals surface area contributed by atoms with Crippen LogP contribution in [0.4, 0.5) is 69.2 Å². The van der Waals surface area contributed by atoms with Crippen LogP contribution in [0.2, 0.25) is 0 Å². The number of benzene rings is 14. The minimum atomic E-state index is -1.59. The Morgan fingerprint density at radius 2 is 0.586 bits per heavy atom. The van der Waals surface area contributed by atoms with Crippen molar-refractivity contribution >= 4 is 46.3 Å². The third-order valence-electron chi connectivity index (χ3n) is 23.4. The summed E-state index contributed by atoms with van der Waals surface area (Å²) in [6, 6.07) is 87.1. The highest BCUT2D eigenvalue weighted by Crippen LogP contribution is 2.66. The summed E-state index contributed by atoms with van der Waals surface area (Å²) in [5.74, 6) is -7.30. The first-order valence-corrected chi connectivity index (χ1v) is 36.8. The molecule has 0 bridgehead atoms. The van der Waals surface area contributed by atoms with E-state index in [1.54, 1.807) is 36.4 Å². The first-order valence-electron chi connectivity index (χ1n) is 36.8. The molecule has 14 aromatic rings. The molecular formula is C99H70F8N2O2. The van der Waals surface area contributed by atoms with Gasteiger partial charge in [0.15, 0.2) is 34.9 Å². The van der Waals surface area contributed by atoms with Gasteiger partial charge < -0.3 is 19.3 Å². The van der Waals surface area contributed by atoms with E-state index >= 15 is 35.1 Å². The Balaban J connectivity index is 0.797. The molecule has 4 nitrogen and oxygen atoms in total. The molecule has 4 aliphatic carbocycles. The Morgan fingerprint density at radius 3 is 0.928 bits per heavy atom. The van der Waals surface area contributed by atoms with Gasteiger partial charge in [-0.1, -0.05) is 174 Å². The molecule has 0 N–H and O–H groups in total. The van der Waals surface area contributed by atoms with Gasteiger partial charge in [0, 0.05) is 39.5 Å². The van der Waals surface area contributed by atoms with Crippen LogP contribution in [0, 0.1) is 46.5 Å². The van der Waals surface area contributed by atoms with Crippen LogP contribution in [-0.2, 0) is 27.1 Å². The molecule has 0 aromatic heterocycles. The third-order valence-corrected chi connectivity index (χ3v) is 23.4. The van der Waals surface area contributed by atoms with Crippen molar-refractivity contribution in [2.75, 3.05) is 9.80 Å². The van der Waals surface area contributed by atoms with Crippen molar-refractivity contribution in [2.24, 2.45) is 0 Å². The Bertz CT molecular complexity index is 5690. The average molecular weight is 1470 g/mol. The molecule has 0 aliphatic heterocycles. The van der Waals surface area contributed by atoms with Crippen molar-refractivity contribution in [3.8, 4) is 45.3 Å². The SMILES string of the molecule is C=Cc1ccc(Oc2ccc(C3(c4cc(F)c(F)c(F)c4)c4ccccc4-c4ccc(N(c5ccc(F)cc5)c5ccc6c(c5)C5(CC6(C)C)CC(C)(C)c6ccc(N(c7ccc(F)cc7)c7ccc8c(c7)C(c7ccc(Oc9ccc(C=C)cc9)cc7)(c7cc(F)c(F)c(F)c7)c7ccccc7-8)cc65)cc43)cc2)cc1. The summed E-state index contributed by atoms with van der Waals surface area (Å²) in [6.45, 7) is 16.8. The van der Waals surface area contributed by atoms with Gasteiger partial charge in [0.1, 0.15) is 34.6 Å². The van der Waals surface area contributed by atoms with Gasteiger partial charge in [0.2, 0.25) is 0 Å². The number of fused-ring (bicyclic) bond motifs is 10. The lowest BCUT2D eigenvalue weighted by Crippen LogP contribution is -2.29. The van der Waals surface area contributed by atoms with Crippen molar-refractivity contribution in [2.45, 2.75) is 67.6 Å². The van der Waals surface area contributed by atoms with E-state index in [-0.39, 0.29) is 11.1 Å². The number of anilines is 6. The molecule has 0 amide bonds. The minimum Gasteiger partial charge on any atom is -0.457 e. The summed E-state index contributed by atoms with van der Waals surface area (Å²) in [6.07, 6.45) is 4.87. The normalized spacial score (nSPS) is 17.6. The maximum absolute atomic E-state index is 16.2. The van der Waals surface area contributed by atoms with Crippen LogP contribution in [-0.4, -0.2) is 0 Å². The number of rotatable bonds is 16. The van der Waals surface area contributed by atoms with E-state index in [9.17, 15) is 0 Å². The van der Waals surface area contributed by atoms with E-state index < -0.39 is 73.6 Å². The van der Waals surface area contributed by atoms with Crippen LogP contribution in [0.15, 0.2) is 304 Å². The van der Waals surface area contributed by atoms with E-state index in [0.29, 0.717) is 92.0 Å². The zero-order chi connectivity index (χ0) is 76.6. The molecule has 544 valence electrons. The van der Waals surface area contributed by atoms with Gasteiger partial charge in [-0.3, -0.25) is 0 Å². The van der Waals surface area contributed by atoms with E-state index in [4.69, 9.17) is 9.47 Å². The Kier molecular flexibility index (Phi) is 16.5. The lowest BCUT2D eigenvalue weighted by atomic mass is 9.67. The molecule has 4 aliphatic rings. The maximum atomic E-state index is 16.2. The molecule has 18 rings (SSSR count). The highest BCUT2D eigenvalue weighted by molar-refractivity contribution is 5.92. The van der Waals surface area contributed by atoms with Gasteiger partial charge in [-0.2, -0.15) is 0 Å². The predicted molar refractivity (Wildman–Crippen MR) is 426 cm³/mol. The minimum absolute atomic E-state index is 0.152. The largest absolute Gasteiger partial charge is 0.457 e. The smallest absolute Gasteiger partial charge is 0.194 e. The third kappa shape index (κ3) is 11.1. The maximum Gasteiger partial charge on any atom is 0.194 e. The fourth-order valence-corrected chi connectivity index (χ4v) is 18.8. The van der Waals surface area contributed by atoms with E-state index in [1.807, 2.05) is 182 Å². The van der Waals surface area contributed by atoms with Crippen LogP contribution in [0.5, 0.6) is 23.0 Å². The monoisotopic (exact) mass is 1470 g/mol. The fourth-order valence-electron chi connectivity index (χ4n) is 18.8. The molecule has 0 heterocycles. The van der Waals surface area contributed by atoms with Gasteiger partial charge in [-0.25, -0.2) is 35.1 Å². The first-order chi connectivity index (χ1) is 53.6. The van der Waals surface area contributed by atoms with E-state index in [2.05, 4.69) is 87.1 Å². The van der Waals surface area contributed by atoms with Crippen molar-refractivity contribution < 1.29 is 44.6 Å². The van der Waals surface area contributed by atoms with E-state index in [0.717, 1.165) is 91.3 Å². The van der Waals surface area contributed by atoms with Crippen molar-refractivity contribution in [1.29, 1.82) is 0 Å². The summed E-state index contributed by atoms with van der Waals surface area (Å²) >= 11 is 0. The predicted octanol–water partition coefficient (Wildman–Crippen LogP) is 27.0. The number of nitrogens with zero attached hydrogens (tertiary/aromatic N) is 2. The van der Waals surface area contributed by atoms with Gasteiger partial charge in [0.05, 0.1) is 10.8 Å². The molecule has 2 unspecified atom stereocenters. The molecule has 0 saturated carbocycles. The summed E-state index contributed by atoms with van der Waals surface area (Å²) in [7, 11) is 0. The Labute approximate surface area is 638 Å². The molecule has 0 radical (unpaired) electrons. The fraction of sp³-hybridized carbons (Fsp3) is 0.111. The second-order valence-corrected chi connectivity index (χ2v) is 30.6. The zero-order valence-corrected chi connectivity index (χ0v) is 60.9. The highest BCUT2D eigenvalue weighted by Gasteiger charge is 2.57. The highest BCUT2D eigenvalue weighted by atomic mass is 19.2. The zero-order valence-electron chi connectivity index (χ0n) is 60.9. The number of hydrogen-bond donors (Lipinski definition) is 0.